The van der Waals surface area contributed by atoms with Crippen LogP contribution in [0.25, 0.3) is 0 Å². The van der Waals surface area contributed by atoms with Crippen LogP contribution < -0.4 is 11.5 Å². The van der Waals surface area contributed by atoms with Crippen molar-refractivity contribution < 1.29 is 4.79 Å². The van der Waals surface area contributed by atoms with Gasteiger partial charge < -0.3 is 16.4 Å². The van der Waals surface area contributed by atoms with Crippen LogP contribution in [0.15, 0.2) is 30.3 Å². The minimum atomic E-state index is -1.10. The third-order valence-electron chi connectivity index (χ3n) is 4.49. The van der Waals surface area contributed by atoms with Crippen LogP contribution in [0.4, 0.5) is 0 Å². The van der Waals surface area contributed by atoms with E-state index in [-0.39, 0.29) is 0 Å². The number of hydrogen-bond donors (Lipinski definition) is 2. The zero-order valence-corrected chi connectivity index (χ0v) is 12.2. The predicted molar refractivity (Wildman–Crippen MR) is 81.0 cm³/mol. The number of hydrogen-bond acceptors (Lipinski definition) is 3. The Balaban J connectivity index is 2.09. The molecule has 0 bridgehead atoms. The maximum atomic E-state index is 11.9. The number of amides is 1. The fraction of sp³-hybridized carbons (Fsp3) is 0.562. The minimum Gasteiger partial charge on any atom is -0.368 e. The lowest BCUT2D eigenvalue weighted by Gasteiger charge is -2.37. The van der Waals surface area contributed by atoms with Gasteiger partial charge in [0, 0.05) is 6.54 Å². The van der Waals surface area contributed by atoms with Gasteiger partial charge in [-0.3, -0.25) is 4.79 Å². The van der Waals surface area contributed by atoms with Gasteiger partial charge in [0.15, 0.2) is 0 Å². The Morgan fingerprint density at radius 2 is 1.90 bits per heavy atom. The molecule has 2 rings (SSSR count). The molecule has 4 N–H and O–H groups in total. The second-order valence-corrected chi connectivity index (χ2v) is 5.83. The highest BCUT2D eigenvalue weighted by molar-refractivity contribution is 5.86. The van der Waals surface area contributed by atoms with Crippen LogP contribution in [-0.4, -0.2) is 30.4 Å². The van der Waals surface area contributed by atoms with Gasteiger partial charge >= 0.3 is 0 Å². The molecule has 0 saturated carbocycles. The third kappa shape index (κ3) is 3.19. The molecule has 1 heterocycles. The number of benzene rings is 1. The third-order valence-corrected chi connectivity index (χ3v) is 4.49. The molecule has 4 nitrogen and oxygen atoms in total. The monoisotopic (exact) mass is 275 g/mol. The quantitative estimate of drug-likeness (QED) is 0.854. The van der Waals surface area contributed by atoms with E-state index in [4.69, 9.17) is 11.5 Å². The molecule has 1 aliphatic rings. The topological polar surface area (TPSA) is 72.3 Å². The van der Waals surface area contributed by atoms with Gasteiger partial charge in [0.1, 0.15) is 5.54 Å². The van der Waals surface area contributed by atoms with E-state index in [0.717, 1.165) is 24.6 Å². The molecule has 4 heteroatoms. The van der Waals surface area contributed by atoms with Crippen LogP contribution in [0, 0.1) is 5.92 Å². The molecule has 1 saturated heterocycles. The summed E-state index contributed by atoms with van der Waals surface area (Å²) in [6.45, 7) is 4.73. The highest BCUT2D eigenvalue weighted by Crippen LogP contribution is 2.24. The average Bonchev–Trinajstić information content (AvgIpc) is 2.48. The lowest BCUT2D eigenvalue weighted by molar-refractivity contribution is -0.124. The van der Waals surface area contributed by atoms with Crippen LogP contribution in [0.3, 0.4) is 0 Å². The van der Waals surface area contributed by atoms with Crippen molar-refractivity contribution in [3.63, 3.8) is 0 Å². The molecule has 1 aliphatic heterocycles. The average molecular weight is 275 g/mol. The fourth-order valence-electron chi connectivity index (χ4n) is 2.95. The summed E-state index contributed by atoms with van der Waals surface area (Å²) < 4.78 is 0. The van der Waals surface area contributed by atoms with Crippen molar-refractivity contribution in [2.75, 3.05) is 19.6 Å². The number of nitrogens with zero attached hydrogens (tertiary/aromatic N) is 1. The second-order valence-electron chi connectivity index (χ2n) is 5.83. The Morgan fingerprint density at radius 1 is 1.30 bits per heavy atom. The molecule has 1 aromatic rings. The summed E-state index contributed by atoms with van der Waals surface area (Å²) in [5.41, 5.74) is 11.6. The molecule has 1 atom stereocenters. The highest BCUT2D eigenvalue weighted by atomic mass is 16.1. The van der Waals surface area contributed by atoms with Gasteiger partial charge in [-0.25, -0.2) is 0 Å². The Labute approximate surface area is 121 Å². The minimum absolute atomic E-state index is 0.457. The lowest BCUT2D eigenvalue weighted by atomic mass is 9.87. The van der Waals surface area contributed by atoms with Gasteiger partial charge in [-0.05, 0) is 37.4 Å². The van der Waals surface area contributed by atoms with Crippen molar-refractivity contribution in [3.8, 4) is 0 Å². The Bertz CT molecular complexity index is 440. The molecule has 1 amide bonds. The Hall–Kier alpha value is -1.39. The lowest BCUT2D eigenvalue weighted by Crippen LogP contribution is -2.57. The van der Waals surface area contributed by atoms with Crippen LogP contribution in [0.2, 0.25) is 0 Å². The fourth-order valence-corrected chi connectivity index (χ4v) is 2.95. The van der Waals surface area contributed by atoms with Gasteiger partial charge in [-0.1, -0.05) is 43.7 Å². The summed E-state index contributed by atoms with van der Waals surface area (Å²) in [6, 6.07) is 9.46. The smallest absolute Gasteiger partial charge is 0.243 e. The first kappa shape index (κ1) is 15.0. The first-order valence-electron chi connectivity index (χ1n) is 7.43. The van der Waals surface area contributed by atoms with Crippen LogP contribution in [0.1, 0.15) is 31.7 Å². The zero-order chi connectivity index (χ0) is 14.6. The summed E-state index contributed by atoms with van der Waals surface area (Å²) in [5.74, 6) is 0.352. The van der Waals surface area contributed by atoms with E-state index in [1.54, 1.807) is 0 Å². The molecule has 0 spiro atoms. The van der Waals surface area contributed by atoms with E-state index < -0.39 is 11.4 Å². The van der Waals surface area contributed by atoms with Gasteiger partial charge in [-0.15, -0.1) is 0 Å². The molecule has 0 radical (unpaired) electrons. The first-order valence-corrected chi connectivity index (χ1v) is 7.43. The summed E-state index contributed by atoms with van der Waals surface area (Å²) in [7, 11) is 0. The molecule has 1 fully saturated rings. The Kier molecular flexibility index (Phi) is 4.78. The van der Waals surface area contributed by atoms with Gasteiger partial charge in [0.25, 0.3) is 0 Å². The maximum Gasteiger partial charge on any atom is 0.243 e. The summed E-state index contributed by atoms with van der Waals surface area (Å²) in [5, 5.41) is 0. The van der Waals surface area contributed by atoms with Crippen molar-refractivity contribution in [2.24, 2.45) is 17.4 Å². The molecule has 0 aromatic heterocycles. The van der Waals surface area contributed by atoms with Crippen LogP contribution >= 0.6 is 0 Å². The molecule has 0 aliphatic carbocycles. The van der Waals surface area contributed by atoms with E-state index in [1.165, 1.54) is 19.3 Å². The van der Waals surface area contributed by atoms with Crippen molar-refractivity contribution in [3.05, 3.63) is 35.9 Å². The summed E-state index contributed by atoms with van der Waals surface area (Å²) >= 11 is 0. The maximum absolute atomic E-state index is 11.9. The van der Waals surface area contributed by atoms with Crippen molar-refractivity contribution >= 4 is 5.91 Å². The summed E-state index contributed by atoms with van der Waals surface area (Å²) in [4.78, 5) is 14.2. The van der Waals surface area contributed by atoms with E-state index >= 15 is 0 Å². The van der Waals surface area contributed by atoms with Crippen LogP contribution in [-0.2, 0) is 10.3 Å². The Morgan fingerprint density at radius 3 is 2.40 bits per heavy atom. The first-order chi connectivity index (χ1) is 9.56. The number of carbonyl (C=O) groups excluding carboxylic acids is 1. The van der Waals surface area contributed by atoms with E-state index in [1.807, 2.05) is 30.3 Å². The zero-order valence-electron chi connectivity index (χ0n) is 12.2. The summed E-state index contributed by atoms with van der Waals surface area (Å²) in [6.07, 6.45) is 3.59. The number of piperidine rings is 1. The normalized spacial score (nSPS) is 20.5. The molecular weight excluding hydrogens is 250 g/mol. The van der Waals surface area contributed by atoms with E-state index in [9.17, 15) is 4.79 Å². The number of nitrogens with two attached hydrogens (primary N) is 2. The molecule has 110 valence electrons. The number of rotatable bonds is 5. The molecule has 1 aromatic carbocycles. The molecular formula is C16H25N3O. The highest BCUT2D eigenvalue weighted by Gasteiger charge is 2.36. The largest absolute Gasteiger partial charge is 0.368 e. The SMILES string of the molecule is CCC1CCN(CC(N)(C(N)=O)c2ccccc2)CC1. The molecule has 20 heavy (non-hydrogen) atoms. The second kappa shape index (κ2) is 6.37. The van der Waals surface area contributed by atoms with Crippen LogP contribution in [0.5, 0.6) is 0 Å². The van der Waals surface area contributed by atoms with Gasteiger partial charge in [0.2, 0.25) is 5.91 Å². The number of carbonyl (C=O) groups is 1. The van der Waals surface area contributed by atoms with Crippen molar-refractivity contribution in [2.45, 2.75) is 31.7 Å². The van der Waals surface area contributed by atoms with Crippen molar-refractivity contribution in [1.29, 1.82) is 0 Å². The van der Waals surface area contributed by atoms with Crippen molar-refractivity contribution in [1.82, 2.24) is 4.90 Å². The van der Waals surface area contributed by atoms with Gasteiger partial charge in [-0.2, -0.15) is 0 Å². The standard InChI is InChI=1S/C16H25N3O/c1-2-13-8-10-19(11-9-13)12-16(18,15(17)20)14-6-4-3-5-7-14/h3-7,13H,2,8-12,18H2,1H3,(H2,17,20). The van der Waals surface area contributed by atoms with E-state index in [0.29, 0.717) is 6.54 Å². The molecule has 1 unspecified atom stereocenters. The number of primary amides is 1. The van der Waals surface area contributed by atoms with E-state index in [2.05, 4.69) is 11.8 Å². The number of likely N-dealkylation sites (tertiary alicyclic amines) is 1. The van der Waals surface area contributed by atoms with Gasteiger partial charge in [0.05, 0.1) is 0 Å². The predicted octanol–water partition coefficient (Wildman–Crippen LogP) is 1.45.